The van der Waals surface area contributed by atoms with Crippen molar-refractivity contribution >= 4 is 22.0 Å². The van der Waals surface area contributed by atoms with Gasteiger partial charge in [0.1, 0.15) is 5.75 Å². The van der Waals surface area contributed by atoms with Crippen molar-refractivity contribution in [2.24, 2.45) is 4.99 Å². The number of nitrogens with zero attached hydrogens (tertiary/aromatic N) is 1. The van der Waals surface area contributed by atoms with E-state index in [1.165, 1.54) is 6.08 Å². The van der Waals surface area contributed by atoms with E-state index in [0.29, 0.717) is 13.0 Å². The quantitative estimate of drug-likeness (QED) is 0.612. The third kappa shape index (κ3) is 2.69. The summed E-state index contributed by atoms with van der Waals surface area (Å²) in [5.41, 5.74) is 1.07. The highest BCUT2D eigenvalue weighted by Crippen LogP contribution is 2.28. The van der Waals surface area contributed by atoms with Gasteiger partial charge in [0.05, 0.1) is 18.1 Å². The Hall–Kier alpha value is -1.12. The minimum Gasteiger partial charge on any atom is -0.496 e. The predicted octanol–water partition coefficient (Wildman–Crippen LogP) is 2.34. The number of isocyanates is 1. The second kappa shape index (κ2) is 5.58. The van der Waals surface area contributed by atoms with Gasteiger partial charge in [-0.15, -0.1) is 0 Å². The molecule has 0 saturated heterocycles. The lowest BCUT2D eigenvalue weighted by molar-refractivity contribution is 0.411. The number of ether oxygens (including phenoxy) is 1. The van der Waals surface area contributed by atoms with Gasteiger partial charge in [-0.2, -0.15) is 0 Å². The zero-order valence-electron chi connectivity index (χ0n) is 7.79. The fourth-order valence-corrected chi connectivity index (χ4v) is 1.75. The molecule has 1 rings (SSSR count). The molecule has 0 heterocycles. The van der Waals surface area contributed by atoms with Crippen LogP contribution < -0.4 is 4.74 Å². The third-order valence-electron chi connectivity index (χ3n) is 1.82. The van der Waals surface area contributed by atoms with Crippen LogP contribution in [-0.4, -0.2) is 19.7 Å². The first-order chi connectivity index (χ1) is 6.79. The zero-order chi connectivity index (χ0) is 10.4. The molecule has 14 heavy (non-hydrogen) atoms. The van der Waals surface area contributed by atoms with Crippen LogP contribution in [0.4, 0.5) is 0 Å². The van der Waals surface area contributed by atoms with E-state index in [9.17, 15) is 4.79 Å². The number of carbonyl (C=O) groups excluding carboxylic acids is 1. The van der Waals surface area contributed by atoms with Crippen LogP contribution in [0.1, 0.15) is 5.56 Å². The molecule has 74 valence electrons. The number of rotatable bonds is 4. The number of hydrogen-bond donors (Lipinski definition) is 0. The van der Waals surface area contributed by atoms with Gasteiger partial charge in [0.15, 0.2) is 0 Å². The Balaban J connectivity index is 2.81. The number of methoxy groups -OCH3 is 1. The summed E-state index contributed by atoms with van der Waals surface area (Å²) in [4.78, 5) is 13.4. The van der Waals surface area contributed by atoms with Gasteiger partial charge in [-0.3, -0.25) is 0 Å². The van der Waals surface area contributed by atoms with Crippen LogP contribution in [0, 0.1) is 0 Å². The molecule has 0 N–H and O–H groups in total. The molecule has 0 fully saturated rings. The second-order valence-corrected chi connectivity index (χ2v) is 3.45. The average Bonchev–Trinajstić information content (AvgIpc) is 2.21. The SMILES string of the molecule is COc1cccc(CCN=C=O)c1Br. The van der Waals surface area contributed by atoms with E-state index in [4.69, 9.17) is 4.74 Å². The van der Waals surface area contributed by atoms with Gasteiger partial charge in [-0.25, -0.2) is 9.79 Å². The van der Waals surface area contributed by atoms with Crippen LogP contribution >= 0.6 is 15.9 Å². The summed E-state index contributed by atoms with van der Waals surface area (Å²) in [6.45, 7) is 0.454. The van der Waals surface area contributed by atoms with E-state index in [1.54, 1.807) is 7.11 Å². The Labute approximate surface area is 90.9 Å². The number of benzene rings is 1. The van der Waals surface area contributed by atoms with Gasteiger partial charge in [-0.1, -0.05) is 12.1 Å². The van der Waals surface area contributed by atoms with Crippen molar-refractivity contribution in [2.75, 3.05) is 13.7 Å². The highest BCUT2D eigenvalue weighted by atomic mass is 79.9. The maximum atomic E-state index is 9.88. The summed E-state index contributed by atoms with van der Waals surface area (Å²) in [5, 5.41) is 0. The van der Waals surface area contributed by atoms with Gasteiger partial charge in [0, 0.05) is 0 Å². The summed E-state index contributed by atoms with van der Waals surface area (Å²) in [6.07, 6.45) is 2.22. The predicted molar refractivity (Wildman–Crippen MR) is 57.4 cm³/mol. The normalized spacial score (nSPS) is 9.29. The lowest BCUT2D eigenvalue weighted by Crippen LogP contribution is -1.93. The fraction of sp³-hybridized carbons (Fsp3) is 0.300. The molecule has 0 aromatic heterocycles. The first-order valence-electron chi connectivity index (χ1n) is 4.14. The first kappa shape index (κ1) is 11.0. The maximum absolute atomic E-state index is 9.88. The highest BCUT2D eigenvalue weighted by molar-refractivity contribution is 9.10. The van der Waals surface area contributed by atoms with Crippen LogP contribution in [0.5, 0.6) is 5.75 Å². The smallest absolute Gasteiger partial charge is 0.234 e. The zero-order valence-corrected chi connectivity index (χ0v) is 9.37. The first-order valence-corrected chi connectivity index (χ1v) is 4.94. The molecule has 0 unspecified atom stereocenters. The second-order valence-electron chi connectivity index (χ2n) is 2.66. The minimum atomic E-state index is 0.454. The van der Waals surface area contributed by atoms with E-state index in [2.05, 4.69) is 20.9 Å². The molecule has 1 aromatic carbocycles. The van der Waals surface area contributed by atoms with Crippen molar-refractivity contribution in [2.45, 2.75) is 6.42 Å². The van der Waals surface area contributed by atoms with E-state index in [0.717, 1.165) is 15.8 Å². The largest absolute Gasteiger partial charge is 0.496 e. The van der Waals surface area contributed by atoms with Crippen LogP contribution in [0.3, 0.4) is 0 Å². The summed E-state index contributed by atoms with van der Waals surface area (Å²) < 4.78 is 6.06. The van der Waals surface area contributed by atoms with E-state index in [1.807, 2.05) is 18.2 Å². The van der Waals surface area contributed by atoms with Crippen LogP contribution in [0.15, 0.2) is 27.7 Å². The summed E-state index contributed by atoms with van der Waals surface area (Å²) >= 11 is 3.43. The fourth-order valence-electron chi connectivity index (χ4n) is 1.13. The van der Waals surface area contributed by atoms with Crippen LogP contribution in [-0.2, 0) is 11.2 Å². The molecule has 3 nitrogen and oxygen atoms in total. The van der Waals surface area contributed by atoms with Gasteiger partial charge < -0.3 is 4.74 Å². The minimum absolute atomic E-state index is 0.454. The highest BCUT2D eigenvalue weighted by Gasteiger charge is 2.04. The maximum Gasteiger partial charge on any atom is 0.234 e. The Morgan fingerprint density at radius 2 is 2.36 bits per heavy atom. The van der Waals surface area contributed by atoms with Gasteiger partial charge in [0.2, 0.25) is 6.08 Å². The molecule has 0 radical (unpaired) electrons. The van der Waals surface area contributed by atoms with Gasteiger partial charge in [0.25, 0.3) is 0 Å². The summed E-state index contributed by atoms with van der Waals surface area (Å²) in [7, 11) is 1.62. The Bertz CT molecular complexity index is 359. The van der Waals surface area contributed by atoms with Crippen LogP contribution in [0.2, 0.25) is 0 Å². The topological polar surface area (TPSA) is 38.7 Å². The van der Waals surface area contributed by atoms with Crippen molar-refractivity contribution in [3.63, 3.8) is 0 Å². The molecule has 4 heteroatoms. The monoisotopic (exact) mass is 255 g/mol. The lowest BCUT2D eigenvalue weighted by Gasteiger charge is -2.06. The molecule has 0 atom stereocenters. The van der Waals surface area contributed by atoms with Gasteiger partial charge in [-0.05, 0) is 34.0 Å². The van der Waals surface area contributed by atoms with Crippen molar-refractivity contribution < 1.29 is 9.53 Å². The molecular weight excluding hydrogens is 246 g/mol. The average molecular weight is 256 g/mol. The lowest BCUT2D eigenvalue weighted by atomic mass is 10.1. The van der Waals surface area contributed by atoms with Crippen molar-refractivity contribution in [3.8, 4) is 5.75 Å². The van der Waals surface area contributed by atoms with E-state index < -0.39 is 0 Å². The van der Waals surface area contributed by atoms with E-state index >= 15 is 0 Å². The summed E-state index contributed by atoms with van der Waals surface area (Å²) in [6, 6.07) is 5.74. The molecule has 0 aliphatic rings. The van der Waals surface area contributed by atoms with E-state index in [-0.39, 0.29) is 0 Å². The Morgan fingerprint density at radius 3 is 3.00 bits per heavy atom. The summed E-state index contributed by atoms with van der Waals surface area (Å²) in [5.74, 6) is 0.789. The Morgan fingerprint density at radius 1 is 1.57 bits per heavy atom. The van der Waals surface area contributed by atoms with Crippen LogP contribution in [0.25, 0.3) is 0 Å². The molecule has 0 bridgehead atoms. The standard InChI is InChI=1S/C10H10BrNO2/c1-14-9-4-2-3-8(10(9)11)5-6-12-7-13/h2-4H,5-6H2,1H3. The van der Waals surface area contributed by atoms with Crippen molar-refractivity contribution in [3.05, 3.63) is 28.2 Å². The molecule has 0 aliphatic carbocycles. The molecular formula is C10H10BrNO2. The van der Waals surface area contributed by atoms with Gasteiger partial charge >= 0.3 is 0 Å². The number of aliphatic imine (C=N–C) groups is 1. The molecule has 1 aromatic rings. The molecule has 0 aliphatic heterocycles. The Kier molecular flexibility index (Phi) is 4.36. The molecule has 0 saturated carbocycles. The van der Waals surface area contributed by atoms with Crippen molar-refractivity contribution in [1.82, 2.24) is 0 Å². The van der Waals surface area contributed by atoms with Crippen molar-refractivity contribution in [1.29, 1.82) is 0 Å². The number of halogens is 1. The number of hydrogen-bond acceptors (Lipinski definition) is 3. The third-order valence-corrected chi connectivity index (χ3v) is 2.72. The molecule has 0 spiro atoms. The molecule has 0 amide bonds.